The monoisotopic (exact) mass is 438 g/mol. The number of methoxy groups -OCH3 is 1. The molecule has 0 aromatic heterocycles. The number of rotatable bonds is 5. The summed E-state index contributed by atoms with van der Waals surface area (Å²) in [5, 5.41) is 1.64. The number of benzene rings is 3. The predicted octanol–water partition coefficient (Wildman–Crippen LogP) is 1.96. The van der Waals surface area contributed by atoms with Gasteiger partial charge in [0.1, 0.15) is 24.7 Å². The van der Waals surface area contributed by atoms with E-state index in [-0.39, 0.29) is 64.5 Å². The summed E-state index contributed by atoms with van der Waals surface area (Å²) in [6.07, 6.45) is 0. The Labute approximate surface area is 211 Å². The van der Waals surface area contributed by atoms with Crippen LogP contribution < -0.4 is 18.5 Å². The molecule has 4 rings (SSSR count). The van der Waals surface area contributed by atoms with Gasteiger partial charge in [0, 0.05) is 0 Å². The summed E-state index contributed by atoms with van der Waals surface area (Å²) >= 11 is 0. The quantitative estimate of drug-likeness (QED) is 0.616. The first-order valence-electron chi connectivity index (χ1n) is 8.58. The summed E-state index contributed by atoms with van der Waals surface area (Å²) < 4.78 is 39.0. The van der Waals surface area contributed by atoms with Gasteiger partial charge >= 0.3 is 61.6 Å². The number of fused-ring (bicyclic) bond motifs is 1. The van der Waals surface area contributed by atoms with E-state index in [4.69, 9.17) is 9.47 Å². The zero-order valence-corrected chi connectivity index (χ0v) is 15.9. The molecule has 1 fully saturated rings. The molecule has 9 heteroatoms. The van der Waals surface area contributed by atoms with Crippen LogP contribution in [0.1, 0.15) is 5.56 Å². The third kappa shape index (κ3) is 4.76. The van der Waals surface area contributed by atoms with Gasteiger partial charge in [-0.05, 0) is 40.6 Å². The number of anilines is 1. The third-order valence-corrected chi connectivity index (χ3v) is 5.84. The van der Waals surface area contributed by atoms with Crippen molar-refractivity contribution in [1.82, 2.24) is 4.72 Å². The van der Waals surface area contributed by atoms with Crippen molar-refractivity contribution in [2.45, 2.75) is 6.61 Å². The Morgan fingerprint density at radius 3 is 2.45 bits per heavy atom. The maximum atomic E-state index is 12.4. The average Bonchev–Trinajstić information content (AvgIpc) is 2.97. The van der Waals surface area contributed by atoms with Gasteiger partial charge in [-0.2, -0.15) is 8.42 Å². The van der Waals surface area contributed by atoms with Crippen molar-refractivity contribution in [3.8, 4) is 11.5 Å². The normalized spacial score (nSPS) is 14.9. The van der Waals surface area contributed by atoms with Gasteiger partial charge in [-0.1, -0.05) is 36.4 Å². The Morgan fingerprint density at radius 2 is 1.79 bits per heavy atom. The summed E-state index contributed by atoms with van der Waals surface area (Å²) in [6.45, 7) is -0.0235. The Morgan fingerprint density at radius 1 is 1.03 bits per heavy atom. The van der Waals surface area contributed by atoms with Crippen LogP contribution in [0.3, 0.4) is 0 Å². The van der Waals surface area contributed by atoms with Crippen LogP contribution in [-0.4, -0.2) is 79.4 Å². The number of carbonyl (C=O) groups excluding carboxylic acids is 1. The van der Waals surface area contributed by atoms with E-state index < -0.39 is 16.1 Å². The zero-order valence-electron chi connectivity index (χ0n) is 15.1. The molecule has 3 aromatic carbocycles. The summed E-state index contributed by atoms with van der Waals surface area (Å²) in [5.74, 6) is 0.441. The zero-order chi connectivity index (χ0) is 19.7. The fourth-order valence-corrected chi connectivity index (χ4v) is 4.23. The second-order valence-electron chi connectivity index (χ2n) is 6.34. The molecule has 1 N–H and O–H groups in total. The number of ether oxygens (including phenoxy) is 2. The number of carbonyl (C=O) groups is 1. The van der Waals surface area contributed by atoms with Crippen molar-refractivity contribution in [1.29, 1.82) is 0 Å². The number of amides is 1. The van der Waals surface area contributed by atoms with E-state index in [0.29, 0.717) is 17.2 Å². The second-order valence-corrected chi connectivity index (χ2v) is 7.94. The van der Waals surface area contributed by atoms with Gasteiger partial charge in [-0.3, -0.25) is 4.79 Å². The molecule has 1 heterocycles. The Kier molecular flexibility index (Phi) is 6.87. The van der Waals surface area contributed by atoms with Crippen molar-refractivity contribution >= 4 is 84.0 Å². The summed E-state index contributed by atoms with van der Waals surface area (Å²) in [6, 6.07) is 18.5. The molecular weight excluding hydrogens is 419 g/mol. The molecule has 1 aliphatic rings. The van der Waals surface area contributed by atoms with Crippen LogP contribution in [0.5, 0.6) is 11.5 Å². The molecule has 0 saturated carbocycles. The van der Waals surface area contributed by atoms with Crippen LogP contribution in [0.25, 0.3) is 10.8 Å². The molecule has 7 nitrogen and oxygen atoms in total. The Bertz CT molecular complexity index is 1150. The molecule has 0 atom stereocenters. The van der Waals surface area contributed by atoms with Crippen LogP contribution in [0, 0.1) is 0 Å². The van der Waals surface area contributed by atoms with E-state index in [1.807, 2.05) is 47.2 Å². The molecule has 3 aromatic rings. The molecule has 0 bridgehead atoms. The number of nitrogens with one attached hydrogen (secondary N) is 1. The van der Waals surface area contributed by atoms with E-state index in [1.165, 1.54) is 0 Å². The van der Waals surface area contributed by atoms with E-state index >= 15 is 0 Å². The van der Waals surface area contributed by atoms with Gasteiger partial charge in [-0.15, -0.1) is 0 Å². The van der Waals surface area contributed by atoms with E-state index in [1.54, 1.807) is 25.3 Å². The number of nitrogens with zero attached hydrogens (tertiary/aromatic N) is 1. The van der Waals surface area contributed by atoms with E-state index in [9.17, 15) is 13.2 Å². The van der Waals surface area contributed by atoms with Crippen LogP contribution in [0.2, 0.25) is 0 Å². The molecule has 29 heavy (non-hydrogen) atoms. The second kappa shape index (κ2) is 9.03. The number of hydrogen-bond acceptors (Lipinski definition) is 5. The molecule has 1 amide bonds. The van der Waals surface area contributed by atoms with Crippen LogP contribution >= 0.6 is 0 Å². The Balaban J connectivity index is 0.00000240. The average molecular weight is 439 g/mol. The SMILES string of the molecule is COc1ccc2cc(OCc3ccccc3)c(N3CC(=O)NS3(=O)=O)cc2c1.[KH]. The standard InChI is InChI=1S/C20H18N2O5S.K.H/c1-26-17-8-7-15-11-19(27-13-14-5-3-2-4-6-14)18(10-16(15)9-17)22-12-20(23)21-28(22,24)25;;/h2-11H,12-13H2,1H3,(H,21,23);;. The van der Waals surface area contributed by atoms with Gasteiger partial charge in [0.2, 0.25) is 0 Å². The first kappa shape index (κ1) is 22.1. The Hall–Kier alpha value is -1.62. The molecule has 0 radical (unpaired) electrons. The van der Waals surface area contributed by atoms with Crippen LogP contribution in [-0.2, 0) is 21.6 Å². The van der Waals surface area contributed by atoms with Crippen molar-refractivity contribution in [3.05, 3.63) is 66.2 Å². The van der Waals surface area contributed by atoms with Crippen molar-refractivity contribution in [2.75, 3.05) is 18.0 Å². The molecule has 0 aliphatic carbocycles. The number of hydrogen-bond donors (Lipinski definition) is 1. The molecule has 1 aliphatic heterocycles. The van der Waals surface area contributed by atoms with Crippen molar-refractivity contribution < 1.29 is 22.7 Å². The van der Waals surface area contributed by atoms with Gasteiger partial charge < -0.3 is 9.47 Å². The first-order chi connectivity index (χ1) is 13.5. The minimum atomic E-state index is -3.96. The summed E-state index contributed by atoms with van der Waals surface area (Å²) in [5.41, 5.74) is 1.25. The fraction of sp³-hybridized carbons (Fsp3) is 0.150. The van der Waals surface area contributed by atoms with Gasteiger partial charge in [0.15, 0.2) is 0 Å². The first-order valence-corrected chi connectivity index (χ1v) is 10.0. The van der Waals surface area contributed by atoms with E-state index in [2.05, 4.69) is 0 Å². The molecule has 0 spiro atoms. The van der Waals surface area contributed by atoms with Crippen LogP contribution in [0.4, 0.5) is 5.69 Å². The summed E-state index contributed by atoms with van der Waals surface area (Å²) in [7, 11) is -2.39. The topological polar surface area (TPSA) is 84.9 Å². The fourth-order valence-electron chi connectivity index (χ4n) is 3.08. The third-order valence-electron chi connectivity index (χ3n) is 4.45. The van der Waals surface area contributed by atoms with Gasteiger partial charge in [-0.25, -0.2) is 9.03 Å². The van der Waals surface area contributed by atoms with E-state index in [0.717, 1.165) is 20.6 Å². The minimum absolute atomic E-state index is 0. The summed E-state index contributed by atoms with van der Waals surface area (Å²) in [4.78, 5) is 11.7. The van der Waals surface area contributed by atoms with Crippen molar-refractivity contribution in [3.63, 3.8) is 0 Å². The van der Waals surface area contributed by atoms with Gasteiger partial charge in [0.05, 0.1) is 12.8 Å². The maximum absolute atomic E-state index is 12.4. The van der Waals surface area contributed by atoms with Gasteiger partial charge in [0.25, 0.3) is 5.91 Å². The predicted molar refractivity (Wildman–Crippen MR) is 113 cm³/mol. The molecule has 1 saturated heterocycles. The van der Waals surface area contributed by atoms with Crippen LogP contribution in [0.15, 0.2) is 60.7 Å². The molecule has 146 valence electrons. The molecular formula is C20H19KN2O5S. The van der Waals surface area contributed by atoms with Crippen molar-refractivity contribution in [2.24, 2.45) is 0 Å². The molecule has 0 unspecified atom stereocenters.